The molecule has 0 spiro atoms. The van der Waals surface area contributed by atoms with Gasteiger partial charge in [-0.15, -0.1) is 0 Å². The average Bonchev–Trinajstić information content (AvgIpc) is 2.51. The highest BCUT2D eigenvalue weighted by Crippen LogP contribution is 2.22. The molecule has 1 aromatic heterocycles. The number of aromatic nitrogens is 2. The van der Waals surface area contributed by atoms with E-state index in [0.717, 1.165) is 10.8 Å². The molecule has 1 saturated heterocycles. The number of aliphatic imine (C=N–C) groups is 1. The van der Waals surface area contributed by atoms with Crippen molar-refractivity contribution in [2.24, 2.45) is 12.0 Å². The summed E-state index contributed by atoms with van der Waals surface area (Å²) in [4.78, 5) is 28.6. The van der Waals surface area contributed by atoms with E-state index in [9.17, 15) is 30.0 Å². The van der Waals surface area contributed by atoms with Crippen molar-refractivity contribution in [1.82, 2.24) is 9.55 Å². The van der Waals surface area contributed by atoms with Gasteiger partial charge in [-0.25, -0.2) is 4.79 Å². The first-order valence-electron chi connectivity index (χ1n) is 6.64. The molecule has 1 aromatic rings. The molecule has 0 radical (unpaired) electrons. The van der Waals surface area contributed by atoms with Crippen LogP contribution in [0.5, 0.6) is 5.88 Å². The van der Waals surface area contributed by atoms with Crippen LogP contribution >= 0.6 is 0 Å². The Morgan fingerprint density at radius 1 is 1.30 bits per heavy atom. The Hall–Kier alpha value is -2.05. The third-order valence-corrected chi connectivity index (χ3v) is 3.57. The van der Waals surface area contributed by atoms with Crippen LogP contribution < -0.4 is 11.2 Å². The molecule has 2 heterocycles. The number of H-pyrrole nitrogens is 1. The Labute approximate surface area is 128 Å². The van der Waals surface area contributed by atoms with Crippen LogP contribution in [0.15, 0.2) is 14.6 Å². The highest BCUT2D eigenvalue weighted by molar-refractivity contribution is 5.82. The number of hydrogen-bond acceptors (Lipinski definition) is 9. The zero-order valence-electron chi connectivity index (χ0n) is 12.0. The van der Waals surface area contributed by atoms with Crippen molar-refractivity contribution in [3.8, 4) is 5.88 Å². The number of ether oxygens (including phenoxy) is 1. The van der Waals surface area contributed by atoms with Crippen LogP contribution in [0.4, 0.5) is 0 Å². The van der Waals surface area contributed by atoms with Crippen LogP contribution in [0.2, 0.25) is 0 Å². The highest BCUT2D eigenvalue weighted by Gasteiger charge is 2.43. The van der Waals surface area contributed by atoms with Crippen molar-refractivity contribution in [3.05, 3.63) is 26.4 Å². The molecule has 1 aliphatic heterocycles. The van der Waals surface area contributed by atoms with Gasteiger partial charge in [0.25, 0.3) is 5.56 Å². The highest BCUT2D eigenvalue weighted by atomic mass is 16.6. The number of rotatable bonds is 3. The summed E-state index contributed by atoms with van der Waals surface area (Å²) in [5, 5.41) is 48.1. The fourth-order valence-electron chi connectivity index (χ4n) is 2.15. The third kappa shape index (κ3) is 3.18. The summed E-state index contributed by atoms with van der Waals surface area (Å²) in [7, 11) is 1.22. The van der Waals surface area contributed by atoms with E-state index in [1.807, 2.05) is 4.98 Å². The molecule has 1 fully saturated rings. The number of aliphatic hydroxyl groups excluding tert-OH is 4. The Bertz CT molecular complexity index is 711. The molecule has 0 aromatic carbocycles. The van der Waals surface area contributed by atoms with Crippen molar-refractivity contribution in [3.63, 3.8) is 0 Å². The van der Waals surface area contributed by atoms with Gasteiger partial charge in [0.15, 0.2) is 6.29 Å². The van der Waals surface area contributed by atoms with Gasteiger partial charge < -0.3 is 30.3 Å². The van der Waals surface area contributed by atoms with Gasteiger partial charge in [-0.1, -0.05) is 0 Å². The minimum absolute atomic E-state index is 0.370. The van der Waals surface area contributed by atoms with E-state index in [2.05, 4.69) is 4.99 Å². The van der Waals surface area contributed by atoms with Crippen molar-refractivity contribution in [2.75, 3.05) is 6.61 Å². The van der Waals surface area contributed by atoms with Gasteiger partial charge >= 0.3 is 5.69 Å². The summed E-state index contributed by atoms with van der Waals surface area (Å²) in [6.07, 6.45) is -5.05. The van der Waals surface area contributed by atoms with Crippen molar-refractivity contribution >= 4 is 6.21 Å². The van der Waals surface area contributed by atoms with Gasteiger partial charge in [0.1, 0.15) is 29.9 Å². The topological polar surface area (TPSA) is 178 Å². The smallest absolute Gasteiger partial charge is 0.330 e. The molecule has 0 bridgehead atoms. The van der Waals surface area contributed by atoms with Crippen molar-refractivity contribution < 1.29 is 30.3 Å². The molecule has 2 rings (SSSR count). The summed E-state index contributed by atoms with van der Waals surface area (Å²) >= 11 is 0. The molecular weight excluding hydrogens is 314 g/mol. The predicted molar refractivity (Wildman–Crippen MR) is 75.3 cm³/mol. The Balaban J connectivity index is 2.32. The minimum atomic E-state index is -1.64. The molecule has 5 atom stereocenters. The van der Waals surface area contributed by atoms with Gasteiger partial charge in [-0.05, 0) is 0 Å². The maximum absolute atomic E-state index is 11.7. The lowest BCUT2D eigenvalue weighted by molar-refractivity contribution is -0.248. The largest absolute Gasteiger partial charge is 0.494 e. The minimum Gasteiger partial charge on any atom is -0.494 e. The monoisotopic (exact) mass is 331 g/mol. The maximum Gasteiger partial charge on any atom is 0.330 e. The van der Waals surface area contributed by atoms with Gasteiger partial charge in [0, 0.05) is 13.3 Å². The van der Waals surface area contributed by atoms with E-state index in [1.54, 1.807) is 0 Å². The standard InChI is InChI=1S/C12H17N3O8/c1-15-10(20)4(9(19)14-12(15)22)2-13-6-8(18)7(17)5(3-16)23-11(6)21/h2,5-8,11,16-18,20-21H,3H2,1H3,(H,14,19,22)/t5-,6+,7+,8+,11-/m0/s1. The Morgan fingerprint density at radius 3 is 2.57 bits per heavy atom. The molecule has 0 amide bonds. The average molecular weight is 331 g/mol. The first-order chi connectivity index (χ1) is 10.8. The lowest BCUT2D eigenvalue weighted by Gasteiger charge is -2.38. The summed E-state index contributed by atoms with van der Waals surface area (Å²) in [6, 6.07) is -1.36. The van der Waals surface area contributed by atoms with Crippen LogP contribution in [-0.2, 0) is 11.8 Å². The van der Waals surface area contributed by atoms with Crippen LogP contribution in [0.25, 0.3) is 0 Å². The first-order valence-corrected chi connectivity index (χ1v) is 6.64. The second-order valence-corrected chi connectivity index (χ2v) is 5.05. The zero-order chi connectivity index (χ0) is 17.3. The molecule has 23 heavy (non-hydrogen) atoms. The summed E-state index contributed by atoms with van der Waals surface area (Å²) in [5.41, 5.74) is -2.11. The van der Waals surface area contributed by atoms with Crippen LogP contribution in [0.3, 0.4) is 0 Å². The van der Waals surface area contributed by atoms with Crippen molar-refractivity contribution in [2.45, 2.75) is 30.6 Å². The van der Waals surface area contributed by atoms with E-state index in [-0.39, 0.29) is 5.56 Å². The van der Waals surface area contributed by atoms with Crippen LogP contribution in [0.1, 0.15) is 5.56 Å². The molecular formula is C12H17N3O8. The van der Waals surface area contributed by atoms with Gasteiger partial charge in [-0.2, -0.15) is 0 Å². The summed E-state index contributed by atoms with van der Waals surface area (Å²) < 4.78 is 5.67. The fourth-order valence-corrected chi connectivity index (χ4v) is 2.15. The first kappa shape index (κ1) is 17.3. The number of nitrogens with zero attached hydrogens (tertiary/aromatic N) is 2. The van der Waals surface area contributed by atoms with E-state index in [0.29, 0.717) is 0 Å². The quantitative estimate of drug-likeness (QED) is 0.303. The second-order valence-electron chi connectivity index (χ2n) is 5.05. The predicted octanol–water partition coefficient (Wildman–Crippen LogP) is -4.00. The number of aromatic amines is 1. The SMILES string of the molecule is Cn1c(O)c(C=N[C@@H]2[C@@H](O)[C@H](O)[C@H](CO)O[C@@H]2O)c(=O)[nH]c1=O. The van der Waals surface area contributed by atoms with Crippen LogP contribution in [-0.4, -0.2) is 78.5 Å². The molecule has 11 nitrogen and oxygen atoms in total. The van der Waals surface area contributed by atoms with Crippen molar-refractivity contribution in [1.29, 1.82) is 0 Å². The molecule has 1 aliphatic rings. The number of aromatic hydroxyl groups is 1. The fraction of sp³-hybridized carbons (Fsp3) is 0.583. The molecule has 0 saturated carbocycles. The van der Waals surface area contributed by atoms with E-state index in [4.69, 9.17) is 9.84 Å². The van der Waals surface area contributed by atoms with E-state index >= 15 is 0 Å². The molecule has 0 unspecified atom stereocenters. The number of aliphatic hydroxyl groups is 4. The summed E-state index contributed by atoms with van der Waals surface area (Å²) in [6.45, 7) is -0.618. The maximum atomic E-state index is 11.7. The number of nitrogens with one attached hydrogen (secondary N) is 1. The Kier molecular flexibility index (Phi) is 4.97. The van der Waals surface area contributed by atoms with E-state index in [1.165, 1.54) is 7.05 Å². The Morgan fingerprint density at radius 2 is 1.96 bits per heavy atom. The zero-order valence-corrected chi connectivity index (χ0v) is 12.0. The molecule has 128 valence electrons. The normalized spacial score (nSPS) is 31.6. The number of hydrogen-bond donors (Lipinski definition) is 6. The van der Waals surface area contributed by atoms with E-state index < -0.39 is 54.4 Å². The third-order valence-electron chi connectivity index (χ3n) is 3.57. The second kappa shape index (κ2) is 6.60. The lowest BCUT2D eigenvalue weighted by atomic mass is 9.97. The molecule has 6 N–H and O–H groups in total. The lowest BCUT2D eigenvalue weighted by Crippen LogP contribution is -2.57. The molecule has 11 heteroatoms. The van der Waals surface area contributed by atoms with Gasteiger partial charge in [-0.3, -0.25) is 19.3 Å². The van der Waals surface area contributed by atoms with Crippen LogP contribution in [0, 0.1) is 0 Å². The molecule has 0 aliphatic carbocycles. The van der Waals surface area contributed by atoms with Gasteiger partial charge in [0.05, 0.1) is 6.61 Å². The summed E-state index contributed by atoms with van der Waals surface area (Å²) in [5.74, 6) is -0.656. The van der Waals surface area contributed by atoms with Gasteiger partial charge in [0.2, 0.25) is 5.88 Å².